The number of methoxy groups -OCH3 is 1. The summed E-state index contributed by atoms with van der Waals surface area (Å²) in [6, 6.07) is 19.9. The zero-order valence-electron chi connectivity index (χ0n) is 16.0. The van der Waals surface area contributed by atoms with Crippen molar-refractivity contribution in [3.63, 3.8) is 0 Å². The molecule has 0 aliphatic heterocycles. The van der Waals surface area contributed by atoms with Crippen LogP contribution in [0.2, 0.25) is 0 Å². The van der Waals surface area contributed by atoms with Crippen molar-refractivity contribution in [2.75, 3.05) is 7.11 Å². The fraction of sp³-hybridized carbons (Fsp3) is 0.125. The molecule has 0 saturated heterocycles. The van der Waals surface area contributed by atoms with Crippen LogP contribution in [0.5, 0.6) is 5.75 Å². The topological polar surface area (TPSA) is 68.1 Å². The SMILES string of the molecule is CCc1c(-c2ccc(C(N)=O)cc2)cccc1-c1c[nH]c2ccc(OC)cc12. The molecule has 1 heterocycles. The van der Waals surface area contributed by atoms with E-state index >= 15 is 0 Å². The number of benzene rings is 3. The van der Waals surface area contributed by atoms with Gasteiger partial charge in [-0.3, -0.25) is 4.79 Å². The summed E-state index contributed by atoms with van der Waals surface area (Å²) in [4.78, 5) is 14.7. The number of carbonyl (C=O) groups excluding carboxylic acids is 1. The molecule has 3 N–H and O–H groups in total. The third kappa shape index (κ3) is 3.03. The molecule has 0 atom stereocenters. The largest absolute Gasteiger partial charge is 0.497 e. The number of hydrogen-bond acceptors (Lipinski definition) is 2. The Labute approximate surface area is 164 Å². The second-order valence-electron chi connectivity index (χ2n) is 6.74. The third-order valence-electron chi connectivity index (χ3n) is 5.19. The number of H-pyrrole nitrogens is 1. The van der Waals surface area contributed by atoms with Gasteiger partial charge in [0.15, 0.2) is 0 Å². The number of aromatic nitrogens is 1. The predicted molar refractivity (Wildman–Crippen MR) is 114 cm³/mol. The summed E-state index contributed by atoms with van der Waals surface area (Å²) in [5.41, 5.74) is 12.8. The minimum absolute atomic E-state index is 0.413. The average Bonchev–Trinajstić information content (AvgIpc) is 3.16. The number of rotatable bonds is 5. The van der Waals surface area contributed by atoms with Gasteiger partial charge in [0.05, 0.1) is 7.11 Å². The van der Waals surface area contributed by atoms with Gasteiger partial charge in [-0.15, -0.1) is 0 Å². The maximum atomic E-state index is 11.4. The van der Waals surface area contributed by atoms with Crippen molar-refractivity contribution >= 4 is 16.8 Å². The Morgan fingerprint density at radius 3 is 2.43 bits per heavy atom. The fourth-order valence-electron chi connectivity index (χ4n) is 3.75. The number of primary amides is 1. The molecule has 0 fully saturated rings. The molecular formula is C24H22N2O2. The predicted octanol–water partition coefficient (Wildman–Crippen LogP) is 5.17. The normalized spacial score (nSPS) is 10.9. The van der Waals surface area contributed by atoms with Crippen LogP contribution in [-0.2, 0) is 6.42 Å². The molecule has 0 unspecified atom stereocenters. The summed E-state index contributed by atoms with van der Waals surface area (Å²) in [6.07, 6.45) is 2.94. The van der Waals surface area contributed by atoms with Gasteiger partial charge in [0, 0.05) is 28.2 Å². The highest BCUT2D eigenvalue weighted by Crippen LogP contribution is 2.37. The lowest BCUT2D eigenvalue weighted by molar-refractivity contribution is 0.100. The number of amides is 1. The monoisotopic (exact) mass is 370 g/mol. The maximum absolute atomic E-state index is 11.4. The lowest BCUT2D eigenvalue weighted by Crippen LogP contribution is -2.10. The van der Waals surface area contributed by atoms with Crippen molar-refractivity contribution in [3.05, 3.63) is 78.0 Å². The summed E-state index contributed by atoms with van der Waals surface area (Å²) in [6.45, 7) is 2.16. The van der Waals surface area contributed by atoms with E-state index in [-0.39, 0.29) is 0 Å². The standard InChI is InChI=1S/C24H22N2O2/c1-3-18-19(15-7-9-16(10-8-15)24(25)27)5-4-6-20(18)22-14-26-23-12-11-17(28-2)13-21(22)23/h4-14,26H,3H2,1-2H3,(H2,25,27). The van der Waals surface area contributed by atoms with Crippen LogP contribution in [0.4, 0.5) is 0 Å². The molecule has 4 nitrogen and oxygen atoms in total. The van der Waals surface area contributed by atoms with Gasteiger partial charge in [0.25, 0.3) is 0 Å². The van der Waals surface area contributed by atoms with Gasteiger partial charge < -0.3 is 15.5 Å². The second kappa shape index (κ2) is 7.24. The Morgan fingerprint density at radius 2 is 1.75 bits per heavy atom. The number of fused-ring (bicyclic) bond motifs is 1. The van der Waals surface area contributed by atoms with Crippen molar-refractivity contribution in [3.8, 4) is 28.0 Å². The Balaban J connectivity index is 1.88. The van der Waals surface area contributed by atoms with Gasteiger partial charge in [0.2, 0.25) is 5.91 Å². The highest BCUT2D eigenvalue weighted by molar-refractivity contribution is 5.98. The van der Waals surface area contributed by atoms with Crippen molar-refractivity contribution in [1.82, 2.24) is 4.98 Å². The van der Waals surface area contributed by atoms with E-state index in [4.69, 9.17) is 10.5 Å². The van der Waals surface area contributed by atoms with Crippen LogP contribution in [0, 0.1) is 0 Å². The number of nitrogens with one attached hydrogen (secondary N) is 1. The van der Waals surface area contributed by atoms with Gasteiger partial charge >= 0.3 is 0 Å². The van der Waals surface area contributed by atoms with Crippen LogP contribution in [0.25, 0.3) is 33.2 Å². The fourth-order valence-corrected chi connectivity index (χ4v) is 3.75. The number of hydrogen-bond donors (Lipinski definition) is 2. The van der Waals surface area contributed by atoms with E-state index in [1.54, 1.807) is 19.2 Å². The van der Waals surface area contributed by atoms with Crippen LogP contribution in [0.1, 0.15) is 22.8 Å². The minimum atomic E-state index is -0.413. The molecule has 0 bridgehead atoms. The van der Waals surface area contributed by atoms with E-state index in [1.807, 2.05) is 24.3 Å². The van der Waals surface area contributed by atoms with Crippen molar-refractivity contribution < 1.29 is 9.53 Å². The maximum Gasteiger partial charge on any atom is 0.248 e. The molecular weight excluding hydrogens is 348 g/mol. The molecule has 0 aliphatic rings. The van der Waals surface area contributed by atoms with Gasteiger partial charge in [-0.2, -0.15) is 0 Å². The summed E-state index contributed by atoms with van der Waals surface area (Å²) >= 11 is 0. The van der Waals surface area contributed by atoms with Gasteiger partial charge in [0.1, 0.15) is 5.75 Å². The molecule has 4 rings (SSSR count). The molecule has 0 spiro atoms. The van der Waals surface area contributed by atoms with Crippen LogP contribution in [0.15, 0.2) is 66.9 Å². The van der Waals surface area contributed by atoms with Crippen molar-refractivity contribution in [1.29, 1.82) is 0 Å². The zero-order valence-corrected chi connectivity index (χ0v) is 16.0. The quantitative estimate of drug-likeness (QED) is 0.509. The van der Waals surface area contributed by atoms with Gasteiger partial charge in [-0.25, -0.2) is 0 Å². The number of aromatic amines is 1. The lowest BCUT2D eigenvalue weighted by Gasteiger charge is -2.14. The number of nitrogens with two attached hydrogens (primary N) is 1. The molecule has 0 saturated carbocycles. The molecule has 140 valence electrons. The first-order valence-corrected chi connectivity index (χ1v) is 9.30. The van der Waals surface area contributed by atoms with E-state index in [1.165, 1.54) is 11.1 Å². The summed E-state index contributed by atoms with van der Waals surface area (Å²) in [5.74, 6) is 0.424. The van der Waals surface area contributed by atoms with Crippen LogP contribution in [0.3, 0.4) is 0 Å². The molecule has 0 radical (unpaired) electrons. The Bertz CT molecular complexity index is 1160. The molecule has 4 heteroatoms. The average molecular weight is 370 g/mol. The lowest BCUT2D eigenvalue weighted by atomic mass is 9.90. The van der Waals surface area contributed by atoms with E-state index < -0.39 is 5.91 Å². The summed E-state index contributed by atoms with van der Waals surface area (Å²) in [5, 5.41) is 1.13. The van der Waals surface area contributed by atoms with E-state index in [9.17, 15) is 4.79 Å². The Kier molecular flexibility index (Phi) is 4.62. The van der Waals surface area contributed by atoms with E-state index in [0.717, 1.165) is 39.8 Å². The van der Waals surface area contributed by atoms with Crippen molar-refractivity contribution in [2.24, 2.45) is 5.73 Å². The molecule has 4 aromatic rings. The van der Waals surface area contributed by atoms with Gasteiger partial charge in [-0.1, -0.05) is 37.3 Å². The first-order valence-electron chi connectivity index (χ1n) is 9.30. The van der Waals surface area contributed by atoms with Crippen LogP contribution >= 0.6 is 0 Å². The molecule has 1 aromatic heterocycles. The van der Waals surface area contributed by atoms with E-state index in [2.05, 4.69) is 42.4 Å². The number of ether oxygens (including phenoxy) is 1. The summed E-state index contributed by atoms with van der Waals surface area (Å²) < 4.78 is 5.41. The number of carbonyl (C=O) groups is 1. The molecule has 3 aromatic carbocycles. The van der Waals surface area contributed by atoms with Gasteiger partial charge in [-0.05, 0) is 59.0 Å². The minimum Gasteiger partial charge on any atom is -0.497 e. The highest BCUT2D eigenvalue weighted by Gasteiger charge is 2.14. The van der Waals surface area contributed by atoms with Crippen molar-refractivity contribution in [2.45, 2.75) is 13.3 Å². The molecule has 28 heavy (non-hydrogen) atoms. The van der Waals surface area contributed by atoms with E-state index in [0.29, 0.717) is 5.56 Å². The smallest absolute Gasteiger partial charge is 0.248 e. The first-order chi connectivity index (χ1) is 13.6. The second-order valence-corrected chi connectivity index (χ2v) is 6.74. The molecule has 1 amide bonds. The first kappa shape index (κ1) is 17.9. The molecule has 0 aliphatic carbocycles. The highest BCUT2D eigenvalue weighted by atomic mass is 16.5. The Morgan fingerprint density at radius 1 is 1.00 bits per heavy atom. The van der Waals surface area contributed by atoms with Crippen LogP contribution < -0.4 is 10.5 Å². The Hall–Kier alpha value is -3.53. The van der Waals surface area contributed by atoms with Crippen LogP contribution in [-0.4, -0.2) is 18.0 Å². The zero-order chi connectivity index (χ0) is 19.7. The third-order valence-corrected chi connectivity index (χ3v) is 5.19. The summed E-state index contributed by atoms with van der Waals surface area (Å²) in [7, 11) is 1.68.